The lowest BCUT2D eigenvalue weighted by Gasteiger charge is -2.13. The molecule has 0 aliphatic heterocycles. The van der Waals surface area contributed by atoms with Crippen LogP contribution in [0.1, 0.15) is 43.9 Å². The van der Waals surface area contributed by atoms with Gasteiger partial charge in [0.2, 0.25) is 0 Å². The first kappa shape index (κ1) is 13.2. The number of hydrogen-bond donors (Lipinski definition) is 1. The maximum atomic E-state index is 6.12. The van der Waals surface area contributed by atoms with Crippen LogP contribution in [0, 0.1) is 0 Å². The molecule has 1 aromatic carbocycles. The Morgan fingerprint density at radius 1 is 1.25 bits per heavy atom. The zero-order chi connectivity index (χ0) is 11.8. The Morgan fingerprint density at radius 2 is 2.06 bits per heavy atom. The second-order valence-electron chi connectivity index (χ2n) is 4.11. The summed E-state index contributed by atoms with van der Waals surface area (Å²) < 4.78 is 5.45. The van der Waals surface area contributed by atoms with Gasteiger partial charge >= 0.3 is 0 Å². The molecule has 16 heavy (non-hydrogen) atoms. The van der Waals surface area contributed by atoms with Crippen LogP contribution in [0.2, 0.25) is 0 Å². The van der Waals surface area contributed by atoms with Crippen LogP contribution in [0.15, 0.2) is 24.3 Å². The summed E-state index contributed by atoms with van der Waals surface area (Å²) in [6.07, 6.45) is 3.03. The monoisotopic (exact) mass is 221 g/mol. The van der Waals surface area contributed by atoms with Crippen molar-refractivity contribution in [2.24, 2.45) is 5.73 Å². The molecule has 0 saturated heterocycles. The molecule has 0 heterocycles. The smallest absolute Gasteiger partial charge is 0.0484 e. The largest absolute Gasteiger partial charge is 0.381 e. The first-order valence-corrected chi connectivity index (χ1v) is 6.20. The van der Waals surface area contributed by atoms with Gasteiger partial charge in [-0.25, -0.2) is 0 Å². The maximum absolute atomic E-state index is 6.12. The SMILES string of the molecule is CCCOCCC(N)c1cccc(CC)c1. The van der Waals surface area contributed by atoms with Crippen molar-refractivity contribution < 1.29 is 4.74 Å². The summed E-state index contributed by atoms with van der Waals surface area (Å²) in [6.45, 7) is 5.87. The minimum atomic E-state index is 0.100. The second-order valence-corrected chi connectivity index (χ2v) is 4.11. The number of hydrogen-bond acceptors (Lipinski definition) is 2. The van der Waals surface area contributed by atoms with E-state index in [2.05, 4.69) is 38.1 Å². The van der Waals surface area contributed by atoms with Crippen molar-refractivity contribution in [2.45, 2.75) is 39.2 Å². The van der Waals surface area contributed by atoms with E-state index in [0.29, 0.717) is 0 Å². The average Bonchev–Trinajstić information content (AvgIpc) is 2.34. The molecular weight excluding hydrogens is 198 g/mol. The molecule has 0 spiro atoms. The fourth-order valence-corrected chi connectivity index (χ4v) is 1.67. The van der Waals surface area contributed by atoms with Crippen molar-refractivity contribution in [1.29, 1.82) is 0 Å². The Balaban J connectivity index is 2.42. The molecule has 1 aromatic rings. The van der Waals surface area contributed by atoms with Crippen LogP contribution in [-0.4, -0.2) is 13.2 Å². The molecule has 1 rings (SSSR count). The van der Waals surface area contributed by atoms with E-state index in [4.69, 9.17) is 10.5 Å². The van der Waals surface area contributed by atoms with E-state index in [9.17, 15) is 0 Å². The van der Waals surface area contributed by atoms with Gasteiger partial charge < -0.3 is 10.5 Å². The molecule has 0 bridgehead atoms. The Kier molecular flexibility index (Phi) is 6.12. The van der Waals surface area contributed by atoms with Gasteiger partial charge in [-0.2, -0.15) is 0 Å². The van der Waals surface area contributed by atoms with Crippen molar-refractivity contribution in [1.82, 2.24) is 0 Å². The van der Waals surface area contributed by atoms with Crippen molar-refractivity contribution in [3.63, 3.8) is 0 Å². The zero-order valence-electron chi connectivity index (χ0n) is 10.4. The summed E-state index contributed by atoms with van der Waals surface area (Å²) >= 11 is 0. The Bertz CT molecular complexity index is 299. The van der Waals surface area contributed by atoms with Crippen LogP contribution in [0.5, 0.6) is 0 Å². The van der Waals surface area contributed by atoms with Gasteiger partial charge in [-0.1, -0.05) is 38.1 Å². The van der Waals surface area contributed by atoms with Gasteiger partial charge in [-0.3, -0.25) is 0 Å². The number of benzene rings is 1. The highest BCUT2D eigenvalue weighted by atomic mass is 16.5. The third-order valence-corrected chi connectivity index (χ3v) is 2.71. The Morgan fingerprint density at radius 3 is 2.75 bits per heavy atom. The summed E-state index contributed by atoms with van der Waals surface area (Å²) in [5.74, 6) is 0. The Hall–Kier alpha value is -0.860. The van der Waals surface area contributed by atoms with Gasteiger partial charge in [0.1, 0.15) is 0 Å². The van der Waals surface area contributed by atoms with Gasteiger partial charge in [0.15, 0.2) is 0 Å². The molecule has 0 saturated carbocycles. The van der Waals surface area contributed by atoms with Gasteiger partial charge in [-0.15, -0.1) is 0 Å². The fraction of sp³-hybridized carbons (Fsp3) is 0.571. The summed E-state index contributed by atoms with van der Waals surface area (Å²) in [4.78, 5) is 0. The predicted octanol–water partition coefficient (Wildman–Crippen LogP) is 3.07. The lowest BCUT2D eigenvalue weighted by atomic mass is 10.0. The Labute approximate surface area is 98.8 Å². The number of nitrogens with two attached hydrogens (primary N) is 1. The first-order valence-electron chi connectivity index (χ1n) is 6.20. The van der Waals surface area contributed by atoms with E-state index in [1.165, 1.54) is 11.1 Å². The van der Waals surface area contributed by atoms with Gasteiger partial charge in [0.25, 0.3) is 0 Å². The van der Waals surface area contributed by atoms with Crippen molar-refractivity contribution >= 4 is 0 Å². The minimum absolute atomic E-state index is 0.100. The van der Waals surface area contributed by atoms with Crippen LogP contribution in [0.3, 0.4) is 0 Å². The first-order chi connectivity index (χ1) is 7.77. The minimum Gasteiger partial charge on any atom is -0.381 e. The lowest BCUT2D eigenvalue weighted by Crippen LogP contribution is -2.13. The van der Waals surface area contributed by atoms with E-state index in [1.807, 2.05) is 0 Å². The maximum Gasteiger partial charge on any atom is 0.0484 e. The fourth-order valence-electron chi connectivity index (χ4n) is 1.67. The molecule has 2 heteroatoms. The number of aryl methyl sites for hydroxylation is 1. The molecule has 90 valence electrons. The van der Waals surface area contributed by atoms with Crippen LogP contribution in [0.25, 0.3) is 0 Å². The summed E-state index contributed by atoms with van der Waals surface area (Å²) in [6, 6.07) is 8.63. The highest BCUT2D eigenvalue weighted by molar-refractivity contribution is 5.25. The highest BCUT2D eigenvalue weighted by Gasteiger charge is 2.05. The van der Waals surface area contributed by atoms with Crippen molar-refractivity contribution in [3.8, 4) is 0 Å². The molecule has 0 fully saturated rings. The molecule has 0 radical (unpaired) electrons. The van der Waals surface area contributed by atoms with E-state index >= 15 is 0 Å². The molecule has 1 atom stereocenters. The van der Waals surface area contributed by atoms with Gasteiger partial charge in [0, 0.05) is 19.3 Å². The molecule has 2 nitrogen and oxygen atoms in total. The normalized spacial score (nSPS) is 12.7. The van der Waals surface area contributed by atoms with Crippen molar-refractivity contribution in [2.75, 3.05) is 13.2 Å². The van der Waals surface area contributed by atoms with Crippen molar-refractivity contribution in [3.05, 3.63) is 35.4 Å². The van der Waals surface area contributed by atoms with Gasteiger partial charge in [0.05, 0.1) is 0 Å². The van der Waals surface area contributed by atoms with Gasteiger partial charge in [-0.05, 0) is 30.4 Å². The standard InChI is InChI=1S/C14H23NO/c1-3-9-16-10-8-14(15)13-7-5-6-12(4-2)11-13/h5-7,11,14H,3-4,8-10,15H2,1-2H3. The molecule has 0 aromatic heterocycles. The third-order valence-electron chi connectivity index (χ3n) is 2.71. The molecule has 2 N–H and O–H groups in total. The van der Waals surface area contributed by atoms with Crippen LogP contribution >= 0.6 is 0 Å². The lowest BCUT2D eigenvalue weighted by molar-refractivity contribution is 0.128. The topological polar surface area (TPSA) is 35.2 Å². The number of rotatable bonds is 7. The van der Waals surface area contributed by atoms with E-state index in [1.54, 1.807) is 0 Å². The van der Waals surface area contributed by atoms with E-state index in [-0.39, 0.29) is 6.04 Å². The number of ether oxygens (including phenoxy) is 1. The molecular formula is C14H23NO. The average molecular weight is 221 g/mol. The van der Waals surface area contributed by atoms with E-state index in [0.717, 1.165) is 32.5 Å². The van der Waals surface area contributed by atoms with Crippen LogP contribution < -0.4 is 5.73 Å². The third kappa shape index (κ3) is 4.33. The highest BCUT2D eigenvalue weighted by Crippen LogP contribution is 2.16. The van der Waals surface area contributed by atoms with E-state index < -0.39 is 0 Å². The molecule has 0 aliphatic carbocycles. The quantitative estimate of drug-likeness (QED) is 0.718. The summed E-state index contributed by atoms with van der Waals surface area (Å²) in [5.41, 5.74) is 8.69. The summed E-state index contributed by atoms with van der Waals surface area (Å²) in [7, 11) is 0. The summed E-state index contributed by atoms with van der Waals surface area (Å²) in [5, 5.41) is 0. The van der Waals surface area contributed by atoms with Crippen LogP contribution in [-0.2, 0) is 11.2 Å². The zero-order valence-corrected chi connectivity index (χ0v) is 10.4. The molecule has 1 unspecified atom stereocenters. The predicted molar refractivity (Wildman–Crippen MR) is 68.5 cm³/mol. The van der Waals surface area contributed by atoms with Crippen LogP contribution in [0.4, 0.5) is 0 Å². The molecule has 0 aliphatic rings. The molecule has 0 amide bonds. The second kappa shape index (κ2) is 7.42.